The van der Waals surface area contributed by atoms with Crippen LogP contribution in [0.4, 0.5) is 0 Å². The molecule has 7 heteroatoms. The number of nitrogens with one attached hydrogen (secondary N) is 1. The summed E-state index contributed by atoms with van der Waals surface area (Å²) in [6.07, 6.45) is 1.76. The molecule has 0 aromatic heterocycles. The third-order valence-electron chi connectivity index (χ3n) is 3.91. The Hall–Kier alpha value is -2.70. The number of carbonyl (C=O) groups excluding carboxylic acids is 3. The minimum atomic E-state index is -1.13. The number of amides is 3. The molecule has 2 rings (SSSR count). The highest BCUT2D eigenvalue weighted by Crippen LogP contribution is 2.23. The minimum absolute atomic E-state index is 0.263. The third-order valence-corrected chi connectivity index (χ3v) is 3.91. The van der Waals surface area contributed by atoms with E-state index >= 15 is 0 Å². The van der Waals surface area contributed by atoms with Crippen LogP contribution in [0.2, 0.25) is 0 Å². The first kappa shape index (κ1) is 17.7. The van der Waals surface area contributed by atoms with Crippen LogP contribution in [-0.4, -0.2) is 46.3 Å². The molecular formula is C17H20N2O5. The second-order valence-corrected chi connectivity index (χ2v) is 5.85. The van der Waals surface area contributed by atoms with Gasteiger partial charge in [0, 0.05) is 0 Å². The monoisotopic (exact) mass is 332 g/mol. The number of carboxylic acid groups (broad SMARTS) is 1. The minimum Gasteiger partial charge on any atom is -0.480 e. The van der Waals surface area contributed by atoms with Gasteiger partial charge in [-0.15, -0.1) is 0 Å². The Morgan fingerprint density at radius 3 is 2.50 bits per heavy atom. The van der Waals surface area contributed by atoms with Gasteiger partial charge in [0.25, 0.3) is 11.8 Å². The lowest BCUT2D eigenvalue weighted by atomic mass is 10.1. The van der Waals surface area contributed by atoms with Gasteiger partial charge in [0.05, 0.1) is 11.1 Å². The van der Waals surface area contributed by atoms with Crippen LogP contribution in [0.3, 0.4) is 0 Å². The van der Waals surface area contributed by atoms with Crippen molar-refractivity contribution in [2.75, 3.05) is 6.54 Å². The second-order valence-electron chi connectivity index (χ2n) is 5.85. The zero-order valence-electron chi connectivity index (χ0n) is 13.7. The molecule has 1 aliphatic heterocycles. The highest BCUT2D eigenvalue weighted by Gasteiger charge is 2.37. The Bertz CT molecular complexity index is 698. The number of carboxylic acids is 1. The average molecular weight is 332 g/mol. The van der Waals surface area contributed by atoms with Gasteiger partial charge in [-0.3, -0.25) is 19.3 Å². The zero-order valence-corrected chi connectivity index (χ0v) is 13.7. The molecule has 0 spiro atoms. The fourth-order valence-corrected chi connectivity index (χ4v) is 2.60. The van der Waals surface area contributed by atoms with E-state index < -0.39 is 36.3 Å². The number of fused-ring (bicyclic) bond motifs is 1. The normalized spacial score (nSPS) is 14.5. The number of nitrogens with zero attached hydrogens (tertiary/aromatic N) is 1. The van der Waals surface area contributed by atoms with Crippen molar-refractivity contribution in [1.29, 1.82) is 0 Å². The van der Waals surface area contributed by atoms with Crippen LogP contribution in [-0.2, 0) is 9.59 Å². The van der Waals surface area contributed by atoms with E-state index in [-0.39, 0.29) is 11.1 Å². The van der Waals surface area contributed by atoms with E-state index in [4.69, 9.17) is 5.11 Å². The molecule has 3 amide bonds. The first-order chi connectivity index (χ1) is 11.3. The number of imide groups is 1. The van der Waals surface area contributed by atoms with Gasteiger partial charge in [0.15, 0.2) is 0 Å². The maximum Gasteiger partial charge on any atom is 0.326 e. The van der Waals surface area contributed by atoms with E-state index in [0.717, 1.165) is 16.9 Å². The molecule has 7 nitrogen and oxygen atoms in total. The number of aliphatic carboxylic acids is 1. The van der Waals surface area contributed by atoms with Crippen LogP contribution in [0.25, 0.3) is 0 Å². The molecule has 0 saturated heterocycles. The predicted molar refractivity (Wildman–Crippen MR) is 85.6 cm³/mol. The summed E-state index contributed by atoms with van der Waals surface area (Å²) in [5.74, 6) is -2.86. The number of carbonyl (C=O) groups is 4. The molecule has 0 aliphatic carbocycles. The van der Waals surface area contributed by atoms with E-state index in [1.165, 1.54) is 0 Å². The fraction of sp³-hybridized carbons (Fsp3) is 0.412. The molecule has 1 aromatic carbocycles. The molecule has 1 atom stereocenters. The molecule has 0 fully saturated rings. The lowest BCUT2D eigenvalue weighted by molar-refractivity contribution is -0.142. The van der Waals surface area contributed by atoms with E-state index in [1.54, 1.807) is 25.1 Å². The standard InChI is InChI=1S/C17H20N2O5/c1-3-4-5-13(17(23)24)18-14(20)9-19-15(21)11-7-6-10(2)8-12(11)16(19)22/h6-8,13H,3-5,9H2,1-2H3,(H,18,20)(H,23,24). The molecule has 1 aliphatic rings. The Balaban J connectivity index is 2.06. The van der Waals surface area contributed by atoms with Crippen LogP contribution in [0, 0.1) is 6.92 Å². The van der Waals surface area contributed by atoms with E-state index in [1.807, 2.05) is 6.92 Å². The Kier molecular flexibility index (Phi) is 5.33. The first-order valence-electron chi connectivity index (χ1n) is 7.84. The molecule has 128 valence electrons. The molecule has 24 heavy (non-hydrogen) atoms. The van der Waals surface area contributed by atoms with Gasteiger partial charge in [-0.2, -0.15) is 0 Å². The van der Waals surface area contributed by atoms with E-state index in [0.29, 0.717) is 12.8 Å². The Morgan fingerprint density at radius 2 is 1.88 bits per heavy atom. The highest BCUT2D eigenvalue weighted by atomic mass is 16.4. The zero-order chi connectivity index (χ0) is 17.9. The van der Waals surface area contributed by atoms with Gasteiger partial charge >= 0.3 is 5.97 Å². The largest absolute Gasteiger partial charge is 0.480 e. The molecular weight excluding hydrogens is 312 g/mol. The SMILES string of the molecule is CCCCC(NC(=O)CN1C(=O)c2ccc(C)cc2C1=O)C(=O)O. The van der Waals surface area contributed by atoms with Gasteiger partial charge in [-0.1, -0.05) is 31.4 Å². The highest BCUT2D eigenvalue weighted by molar-refractivity contribution is 6.22. The third kappa shape index (κ3) is 3.61. The summed E-state index contributed by atoms with van der Waals surface area (Å²) in [6, 6.07) is 3.87. The van der Waals surface area contributed by atoms with Crippen molar-refractivity contribution in [3.63, 3.8) is 0 Å². The van der Waals surface area contributed by atoms with Crippen LogP contribution in [0.5, 0.6) is 0 Å². The summed E-state index contributed by atoms with van der Waals surface area (Å²) in [6.45, 7) is 3.24. The quantitative estimate of drug-likeness (QED) is 0.734. The van der Waals surface area contributed by atoms with Crippen molar-refractivity contribution >= 4 is 23.7 Å². The summed E-state index contributed by atoms with van der Waals surface area (Å²) in [5, 5.41) is 11.5. The number of unbranched alkanes of at least 4 members (excludes halogenated alkanes) is 1. The summed E-state index contributed by atoms with van der Waals surface area (Å²) in [5.41, 5.74) is 1.37. The summed E-state index contributed by atoms with van der Waals surface area (Å²) in [7, 11) is 0. The smallest absolute Gasteiger partial charge is 0.326 e. The molecule has 2 N–H and O–H groups in total. The fourth-order valence-electron chi connectivity index (χ4n) is 2.60. The maximum atomic E-state index is 12.3. The molecule has 1 aromatic rings. The molecule has 0 bridgehead atoms. The number of aryl methyl sites for hydroxylation is 1. The van der Waals surface area contributed by atoms with Crippen molar-refractivity contribution in [3.05, 3.63) is 34.9 Å². The molecule has 0 saturated carbocycles. The van der Waals surface area contributed by atoms with Crippen LogP contribution in [0.1, 0.15) is 52.5 Å². The van der Waals surface area contributed by atoms with E-state index in [9.17, 15) is 19.2 Å². The lowest BCUT2D eigenvalue weighted by Crippen LogP contribution is -2.46. The Morgan fingerprint density at radius 1 is 1.21 bits per heavy atom. The number of rotatable bonds is 7. The second kappa shape index (κ2) is 7.25. The number of benzene rings is 1. The van der Waals surface area contributed by atoms with Gasteiger partial charge in [-0.05, 0) is 25.5 Å². The van der Waals surface area contributed by atoms with Crippen LogP contribution >= 0.6 is 0 Å². The molecule has 1 heterocycles. The summed E-state index contributed by atoms with van der Waals surface area (Å²) >= 11 is 0. The first-order valence-corrected chi connectivity index (χ1v) is 7.84. The summed E-state index contributed by atoms with van der Waals surface area (Å²) < 4.78 is 0. The number of hydrogen-bond acceptors (Lipinski definition) is 4. The van der Waals surface area contributed by atoms with Crippen LogP contribution < -0.4 is 5.32 Å². The number of hydrogen-bond donors (Lipinski definition) is 2. The topological polar surface area (TPSA) is 104 Å². The summed E-state index contributed by atoms with van der Waals surface area (Å²) in [4.78, 5) is 48.6. The predicted octanol–water partition coefficient (Wildman–Crippen LogP) is 1.35. The van der Waals surface area contributed by atoms with Gasteiger partial charge < -0.3 is 10.4 Å². The van der Waals surface area contributed by atoms with Crippen molar-refractivity contribution in [3.8, 4) is 0 Å². The van der Waals surface area contributed by atoms with Gasteiger partial charge in [0.2, 0.25) is 5.91 Å². The van der Waals surface area contributed by atoms with Crippen molar-refractivity contribution < 1.29 is 24.3 Å². The molecule has 1 unspecified atom stereocenters. The lowest BCUT2D eigenvalue weighted by Gasteiger charge is -2.17. The average Bonchev–Trinajstić information content (AvgIpc) is 2.75. The maximum absolute atomic E-state index is 12.3. The molecule has 0 radical (unpaired) electrons. The van der Waals surface area contributed by atoms with Gasteiger partial charge in [0.1, 0.15) is 12.6 Å². The van der Waals surface area contributed by atoms with Crippen molar-refractivity contribution in [2.24, 2.45) is 0 Å². The van der Waals surface area contributed by atoms with Gasteiger partial charge in [-0.25, -0.2) is 4.79 Å². The van der Waals surface area contributed by atoms with Crippen molar-refractivity contribution in [1.82, 2.24) is 10.2 Å². The van der Waals surface area contributed by atoms with Crippen LogP contribution in [0.15, 0.2) is 18.2 Å². The Labute approximate surface area is 139 Å². The van der Waals surface area contributed by atoms with Crippen molar-refractivity contribution in [2.45, 2.75) is 39.2 Å². The van der Waals surface area contributed by atoms with E-state index in [2.05, 4.69) is 5.32 Å².